The fraction of sp³-hybridized carbons (Fsp3) is 0.500. The smallest absolute Gasteiger partial charge is 0.478 e. The lowest BCUT2D eigenvalue weighted by molar-refractivity contribution is -0.114. The first kappa shape index (κ1) is 16.4. The van der Waals surface area contributed by atoms with Gasteiger partial charge >= 0.3 is 13.1 Å². The van der Waals surface area contributed by atoms with Crippen molar-refractivity contribution in [1.29, 1.82) is 0 Å². The second-order valence-corrected chi connectivity index (χ2v) is 6.23. The van der Waals surface area contributed by atoms with E-state index < -0.39 is 24.3 Å². The predicted molar refractivity (Wildman–Crippen MR) is 81.2 cm³/mol. The summed E-state index contributed by atoms with van der Waals surface area (Å²) in [5, 5.41) is 11.8. The van der Waals surface area contributed by atoms with Gasteiger partial charge in [0.2, 0.25) is 5.91 Å². The van der Waals surface area contributed by atoms with E-state index in [2.05, 4.69) is 10.3 Å². The number of carboxylic acids is 1. The summed E-state index contributed by atoms with van der Waals surface area (Å²) in [6.45, 7) is 8.85. The van der Waals surface area contributed by atoms with E-state index in [9.17, 15) is 14.7 Å². The number of amides is 1. The molecule has 0 unspecified atom stereocenters. The van der Waals surface area contributed by atoms with E-state index in [1.54, 1.807) is 0 Å². The fourth-order valence-corrected chi connectivity index (χ4v) is 2.06. The molecule has 1 fully saturated rings. The van der Waals surface area contributed by atoms with Gasteiger partial charge in [0.25, 0.3) is 0 Å². The molecule has 1 aromatic heterocycles. The van der Waals surface area contributed by atoms with Crippen molar-refractivity contribution >= 4 is 30.3 Å². The molecule has 7 nitrogen and oxygen atoms in total. The highest BCUT2D eigenvalue weighted by molar-refractivity contribution is 6.63. The van der Waals surface area contributed by atoms with Gasteiger partial charge in [-0.2, -0.15) is 0 Å². The molecule has 0 bridgehead atoms. The number of carbonyl (C=O) groups is 2. The Morgan fingerprint density at radius 1 is 1.23 bits per heavy atom. The molecule has 22 heavy (non-hydrogen) atoms. The molecule has 8 heteroatoms. The van der Waals surface area contributed by atoms with Gasteiger partial charge in [0.15, 0.2) is 0 Å². The molecule has 0 atom stereocenters. The van der Waals surface area contributed by atoms with Crippen molar-refractivity contribution in [2.75, 3.05) is 5.32 Å². The van der Waals surface area contributed by atoms with Crippen LogP contribution in [0.4, 0.5) is 5.82 Å². The number of aromatic carboxylic acids is 1. The van der Waals surface area contributed by atoms with Crippen LogP contribution in [-0.2, 0) is 14.1 Å². The van der Waals surface area contributed by atoms with Crippen LogP contribution in [0, 0.1) is 0 Å². The molecular formula is C14H19BN2O5. The fourth-order valence-electron chi connectivity index (χ4n) is 2.06. The van der Waals surface area contributed by atoms with Gasteiger partial charge in [0, 0.05) is 18.6 Å². The molecule has 0 radical (unpaired) electrons. The third-order valence-electron chi connectivity index (χ3n) is 3.98. The molecule has 1 aliphatic heterocycles. The second kappa shape index (κ2) is 5.37. The maximum absolute atomic E-state index is 11.5. The van der Waals surface area contributed by atoms with Gasteiger partial charge in [-0.05, 0) is 33.8 Å². The predicted octanol–water partition coefficient (Wildman–Crippen LogP) is 1.04. The number of nitrogens with one attached hydrogen (secondary N) is 1. The van der Waals surface area contributed by atoms with Crippen LogP contribution < -0.4 is 10.8 Å². The SMILES string of the molecule is CC(=O)Nc1cc(C(=O)O)c(B2OC(C)(C)C(C)(C)O2)cn1. The van der Waals surface area contributed by atoms with Crippen molar-refractivity contribution < 1.29 is 24.0 Å². The third kappa shape index (κ3) is 2.98. The normalized spacial score (nSPS) is 19.0. The van der Waals surface area contributed by atoms with Gasteiger partial charge in [0.1, 0.15) is 5.82 Å². The van der Waals surface area contributed by atoms with Gasteiger partial charge in [0.05, 0.1) is 16.8 Å². The summed E-state index contributed by atoms with van der Waals surface area (Å²) >= 11 is 0. The lowest BCUT2D eigenvalue weighted by Gasteiger charge is -2.32. The Bertz CT molecular complexity index is 614. The van der Waals surface area contributed by atoms with Crippen molar-refractivity contribution in [2.24, 2.45) is 0 Å². The van der Waals surface area contributed by atoms with Gasteiger partial charge < -0.3 is 19.7 Å². The minimum Gasteiger partial charge on any atom is -0.478 e. The number of anilines is 1. The molecule has 1 amide bonds. The Balaban J connectivity index is 2.40. The summed E-state index contributed by atoms with van der Waals surface area (Å²) < 4.78 is 11.7. The average Bonchev–Trinajstić information content (AvgIpc) is 2.57. The topological polar surface area (TPSA) is 97.8 Å². The third-order valence-corrected chi connectivity index (χ3v) is 3.98. The van der Waals surface area contributed by atoms with Crippen molar-refractivity contribution in [3.05, 3.63) is 17.8 Å². The molecule has 118 valence electrons. The van der Waals surface area contributed by atoms with Gasteiger partial charge in [-0.3, -0.25) is 4.79 Å². The molecule has 2 heterocycles. The van der Waals surface area contributed by atoms with Crippen LogP contribution in [0.1, 0.15) is 45.0 Å². The zero-order valence-corrected chi connectivity index (χ0v) is 13.3. The van der Waals surface area contributed by atoms with E-state index in [1.807, 2.05) is 27.7 Å². The van der Waals surface area contributed by atoms with E-state index in [1.165, 1.54) is 19.2 Å². The number of hydrogen-bond acceptors (Lipinski definition) is 5. The van der Waals surface area contributed by atoms with Crippen LogP contribution in [0.5, 0.6) is 0 Å². The van der Waals surface area contributed by atoms with Crippen LogP contribution >= 0.6 is 0 Å². The Hall–Kier alpha value is -1.93. The van der Waals surface area contributed by atoms with E-state index in [0.717, 1.165) is 0 Å². The minimum absolute atomic E-state index is 0.0164. The molecule has 0 aromatic carbocycles. The number of pyridine rings is 1. The number of carboxylic acid groups (broad SMARTS) is 1. The molecule has 1 aliphatic rings. The monoisotopic (exact) mass is 306 g/mol. The molecule has 0 spiro atoms. The summed E-state index contributed by atoms with van der Waals surface area (Å²) in [5.41, 5.74) is -0.856. The minimum atomic E-state index is -1.14. The molecule has 2 N–H and O–H groups in total. The molecule has 1 aromatic rings. The van der Waals surface area contributed by atoms with Crippen LogP contribution in [0.25, 0.3) is 0 Å². The Labute approximate surface area is 129 Å². The summed E-state index contributed by atoms with van der Waals surface area (Å²) in [7, 11) is -0.824. The Kier molecular flexibility index (Phi) is 4.01. The summed E-state index contributed by atoms with van der Waals surface area (Å²) in [5.74, 6) is -1.30. The molecule has 0 saturated carbocycles. The maximum atomic E-state index is 11.5. The summed E-state index contributed by atoms with van der Waals surface area (Å²) in [6, 6.07) is 1.30. The van der Waals surface area contributed by atoms with Gasteiger partial charge in [-0.25, -0.2) is 9.78 Å². The number of aromatic nitrogens is 1. The molecular weight excluding hydrogens is 287 g/mol. The largest absolute Gasteiger partial charge is 0.497 e. The number of carbonyl (C=O) groups excluding carboxylic acids is 1. The van der Waals surface area contributed by atoms with Crippen LogP contribution in [0.3, 0.4) is 0 Å². The first-order valence-corrected chi connectivity index (χ1v) is 6.90. The number of rotatable bonds is 3. The van der Waals surface area contributed by atoms with Gasteiger partial charge in [-0.1, -0.05) is 0 Å². The van der Waals surface area contributed by atoms with E-state index in [0.29, 0.717) is 5.46 Å². The Morgan fingerprint density at radius 3 is 2.23 bits per heavy atom. The van der Waals surface area contributed by atoms with Crippen molar-refractivity contribution in [3.8, 4) is 0 Å². The van der Waals surface area contributed by atoms with Crippen LogP contribution in [-0.4, -0.2) is 40.3 Å². The lowest BCUT2D eigenvalue weighted by atomic mass is 9.77. The second-order valence-electron chi connectivity index (χ2n) is 6.23. The Morgan fingerprint density at radius 2 is 1.77 bits per heavy atom. The zero-order chi connectivity index (χ0) is 16.7. The number of hydrogen-bond donors (Lipinski definition) is 2. The standard InChI is InChI=1S/C14H19BN2O5/c1-8(18)17-11-6-9(12(19)20)10(7-16-11)15-21-13(2,3)14(4,5)22-15/h6-7H,1-5H3,(H,19,20)(H,16,17,18). The number of nitrogens with zero attached hydrogens (tertiary/aromatic N) is 1. The highest BCUT2D eigenvalue weighted by Gasteiger charge is 2.52. The summed E-state index contributed by atoms with van der Waals surface area (Å²) in [6.07, 6.45) is 1.36. The van der Waals surface area contributed by atoms with Crippen molar-refractivity contribution in [1.82, 2.24) is 4.98 Å². The first-order chi connectivity index (χ1) is 10.0. The van der Waals surface area contributed by atoms with Crippen molar-refractivity contribution in [3.63, 3.8) is 0 Å². The highest BCUT2D eigenvalue weighted by atomic mass is 16.7. The van der Waals surface area contributed by atoms with Crippen LogP contribution in [0.2, 0.25) is 0 Å². The highest BCUT2D eigenvalue weighted by Crippen LogP contribution is 2.36. The molecule has 0 aliphatic carbocycles. The zero-order valence-electron chi connectivity index (χ0n) is 13.3. The molecule has 1 saturated heterocycles. The van der Waals surface area contributed by atoms with Crippen molar-refractivity contribution in [2.45, 2.75) is 45.8 Å². The molecule has 2 rings (SSSR count). The van der Waals surface area contributed by atoms with E-state index in [-0.39, 0.29) is 17.3 Å². The van der Waals surface area contributed by atoms with E-state index in [4.69, 9.17) is 9.31 Å². The summed E-state index contributed by atoms with van der Waals surface area (Å²) in [4.78, 5) is 26.6. The van der Waals surface area contributed by atoms with Gasteiger partial charge in [-0.15, -0.1) is 0 Å². The van der Waals surface area contributed by atoms with E-state index >= 15 is 0 Å². The quantitative estimate of drug-likeness (QED) is 0.810. The van der Waals surface area contributed by atoms with Crippen LogP contribution in [0.15, 0.2) is 12.3 Å². The lowest BCUT2D eigenvalue weighted by Crippen LogP contribution is -2.41. The first-order valence-electron chi connectivity index (χ1n) is 6.90. The maximum Gasteiger partial charge on any atom is 0.497 e. The average molecular weight is 306 g/mol.